The number of rotatable bonds is 3. The van der Waals surface area contributed by atoms with Gasteiger partial charge >= 0.3 is 0 Å². The van der Waals surface area contributed by atoms with E-state index in [0.29, 0.717) is 0 Å². The molecule has 342 valence electrons. The minimum Gasteiger partial charge on any atom is -0.310 e. The second-order valence-corrected chi connectivity index (χ2v) is 23.6. The summed E-state index contributed by atoms with van der Waals surface area (Å²) < 4.78 is 16.6. The molecule has 16 rings (SSSR count). The lowest BCUT2D eigenvalue weighted by Gasteiger charge is -2.45. The fourth-order valence-corrected chi connectivity index (χ4v) is 18.5. The SMILES string of the molecule is O=P1(c2ccccc2)c2ccc(N3c4ccccc4C4(c5ccccc5-c5ccccc54)c4ccccc43)cc2Sc2cc(N3c4ccccc4C4(c5ccccc5-c5ccccc54)c4ccccc43)ccc21. The molecule has 73 heavy (non-hydrogen) atoms. The maximum Gasteiger partial charge on any atom is 0.173 e. The van der Waals surface area contributed by atoms with Crippen LogP contribution in [-0.2, 0) is 15.4 Å². The Labute approximate surface area is 429 Å². The zero-order valence-electron chi connectivity index (χ0n) is 39.5. The summed E-state index contributed by atoms with van der Waals surface area (Å²) in [6.07, 6.45) is 0. The standard InChI is InChI=1S/C68H43N2OPS/c71-72(46-20-2-1-3-21-46)63-40-38-44(69-59-34-16-12-30-55(59)67(56-31-13-17-35-60(56)69)51-26-8-4-22-47(51)48-23-5-9-27-52(48)67)42-65(63)73-66-43-45(39-41-64(66)72)70-61-36-18-14-32-57(61)68(58-33-15-19-37-62(58)70)53-28-10-6-24-49(53)50-25-7-11-29-54(50)68/h1-43H. The van der Waals surface area contributed by atoms with E-state index in [2.05, 4.69) is 240 Å². The van der Waals surface area contributed by atoms with Crippen molar-refractivity contribution in [3.05, 3.63) is 305 Å². The number of hydrogen-bond acceptors (Lipinski definition) is 4. The quantitative estimate of drug-likeness (QED) is 0.165. The number of hydrogen-bond donors (Lipinski definition) is 0. The number of fused-ring (bicyclic) bond motifs is 20. The van der Waals surface area contributed by atoms with Crippen LogP contribution in [0.15, 0.2) is 271 Å². The predicted molar refractivity (Wildman–Crippen MR) is 301 cm³/mol. The van der Waals surface area contributed by atoms with Crippen molar-refractivity contribution in [2.45, 2.75) is 20.6 Å². The molecule has 3 aliphatic heterocycles. The van der Waals surface area contributed by atoms with E-state index in [-0.39, 0.29) is 0 Å². The van der Waals surface area contributed by atoms with Gasteiger partial charge in [-0.25, -0.2) is 0 Å². The van der Waals surface area contributed by atoms with Gasteiger partial charge in [-0.1, -0.05) is 212 Å². The fraction of sp³-hybridized carbons (Fsp3) is 0.0294. The molecule has 3 heterocycles. The van der Waals surface area contributed by atoms with Crippen molar-refractivity contribution < 1.29 is 4.57 Å². The van der Waals surface area contributed by atoms with Gasteiger partial charge in [0.05, 0.1) is 33.6 Å². The molecule has 2 aliphatic carbocycles. The summed E-state index contributed by atoms with van der Waals surface area (Å²) in [5.41, 5.74) is 20.9. The van der Waals surface area contributed by atoms with Crippen LogP contribution in [0.1, 0.15) is 44.5 Å². The van der Waals surface area contributed by atoms with Crippen molar-refractivity contribution in [3.8, 4) is 22.3 Å². The molecule has 5 aliphatic rings. The number of nitrogens with zero attached hydrogens (tertiary/aromatic N) is 2. The zero-order valence-corrected chi connectivity index (χ0v) is 41.2. The molecule has 0 radical (unpaired) electrons. The smallest absolute Gasteiger partial charge is 0.173 e. The fourth-order valence-electron chi connectivity index (χ4n) is 13.8. The number of anilines is 6. The van der Waals surface area contributed by atoms with Crippen LogP contribution in [0.3, 0.4) is 0 Å². The van der Waals surface area contributed by atoms with Crippen molar-refractivity contribution in [2.24, 2.45) is 0 Å². The molecule has 11 aromatic rings. The van der Waals surface area contributed by atoms with E-state index in [1.807, 2.05) is 30.3 Å². The molecular weight excluding hydrogens is 924 g/mol. The summed E-state index contributed by atoms with van der Waals surface area (Å²) in [4.78, 5) is 6.88. The van der Waals surface area contributed by atoms with Crippen LogP contribution in [0.25, 0.3) is 22.3 Å². The molecule has 0 bridgehead atoms. The predicted octanol–water partition coefficient (Wildman–Crippen LogP) is 16.1. The Bertz CT molecular complexity index is 3780. The lowest BCUT2D eigenvalue weighted by Crippen LogP contribution is -2.36. The van der Waals surface area contributed by atoms with Gasteiger partial charge in [0.2, 0.25) is 0 Å². The van der Waals surface area contributed by atoms with Crippen molar-refractivity contribution >= 4 is 68.9 Å². The summed E-state index contributed by atoms with van der Waals surface area (Å²) >= 11 is 1.74. The second-order valence-electron chi connectivity index (χ2n) is 19.8. The molecule has 11 aromatic carbocycles. The van der Waals surface area contributed by atoms with Crippen molar-refractivity contribution in [3.63, 3.8) is 0 Å². The summed E-state index contributed by atoms with van der Waals surface area (Å²) in [5.74, 6) is 0. The Kier molecular flexibility index (Phi) is 8.51. The first-order valence-electron chi connectivity index (χ1n) is 25.1. The highest BCUT2D eigenvalue weighted by atomic mass is 32.2. The first kappa shape index (κ1) is 41.2. The van der Waals surface area contributed by atoms with E-state index in [1.165, 1.54) is 66.8 Å². The van der Waals surface area contributed by atoms with E-state index < -0.39 is 18.0 Å². The molecule has 0 aromatic heterocycles. The van der Waals surface area contributed by atoms with Crippen molar-refractivity contribution in [1.29, 1.82) is 0 Å². The van der Waals surface area contributed by atoms with Crippen LogP contribution in [0.5, 0.6) is 0 Å². The molecular formula is C68H43N2OPS. The maximum atomic E-state index is 16.6. The molecule has 2 spiro atoms. The molecule has 0 unspecified atom stereocenters. The van der Waals surface area contributed by atoms with Gasteiger partial charge in [0.1, 0.15) is 0 Å². The summed E-state index contributed by atoms with van der Waals surface area (Å²) in [7, 11) is -3.38. The Hall–Kier alpha value is -8.40. The zero-order chi connectivity index (χ0) is 48.0. The molecule has 0 amide bonds. The Morgan fingerprint density at radius 1 is 0.301 bits per heavy atom. The van der Waals surface area contributed by atoms with Crippen LogP contribution >= 0.6 is 18.9 Å². The summed E-state index contributed by atoms with van der Waals surface area (Å²) in [5, 5.41) is 2.58. The molecule has 0 atom stereocenters. The van der Waals surface area contributed by atoms with E-state index in [9.17, 15) is 0 Å². The molecule has 0 fully saturated rings. The Balaban J connectivity index is 0.881. The number of benzene rings is 11. The van der Waals surface area contributed by atoms with Crippen LogP contribution in [0, 0.1) is 0 Å². The average molecular weight is 967 g/mol. The third-order valence-electron chi connectivity index (χ3n) is 16.5. The van der Waals surface area contributed by atoms with Gasteiger partial charge in [0, 0.05) is 37.1 Å². The lowest BCUT2D eigenvalue weighted by molar-refractivity contribution is 0.591. The van der Waals surface area contributed by atoms with E-state index in [0.717, 1.165) is 59.8 Å². The van der Waals surface area contributed by atoms with Gasteiger partial charge in [0.25, 0.3) is 0 Å². The highest BCUT2D eigenvalue weighted by molar-refractivity contribution is 8.02. The van der Waals surface area contributed by atoms with Gasteiger partial charge in [-0.3, -0.25) is 0 Å². The van der Waals surface area contributed by atoms with E-state index >= 15 is 4.57 Å². The third kappa shape index (κ3) is 5.19. The van der Waals surface area contributed by atoms with Gasteiger partial charge in [-0.2, -0.15) is 0 Å². The van der Waals surface area contributed by atoms with Gasteiger partial charge in [-0.15, -0.1) is 0 Å². The largest absolute Gasteiger partial charge is 0.310 e. The first-order chi connectivity index (χ1) is 36.1. The monoisotopic (exact) mass is 966 g/mol. The second kappa shape index (κ2) is 15.1. The van der Waals surface area contributed by atoms with Crippen LogP contribution < -0.4 is 25.7 Å². The molecule has 5 heteroatoms. The molecule has 0 N–H and O–H groups in total. The van der Waals surface area contributed by atoms with Crippen LogP contribution in [0.4, 0.5) is 34.1 Å². The summed E-state index contributed by atoms with van der Waals surface area (Å²) in [6, 6.07) is 95.1. The van der Waals surface area contributed by atoms with E-state index in [4.69, 9.17) is 0 Å². The van der Waals surface area contributed by atoms with Crippen LogP contribution in [0.2, 0.25) is 0 Å². The molecule has 3 nitrogen and oxygen atoms in total. The van der Waals surface area contributed by atoms with Crippen molar-refractivity contribution in [2.75, 3.05) is 9.80 Å². The first-order valence-corrected chi connectivity index (χ1v) is 27.6. The third-order valence-corrected chi connectivity index (χ3v) is 21.1. The Morgan fingerprint density at radius 3 is 0.932 bits per heavy atom. The maximum absolute atomic E-state index is 16.6. The highest BCUT2D eigenvalue weighted by Crippen LogP contribution is 2.66. The topological polar surface area (TPSA) is 23.6 Å². The average Bonchev–Trinajstić information content (AvgIpc) is 3.92. The summed E-state index contributed by atoms with van der Waals surface area (Å²) in [6.45, 7) is 0. The normalized spacial score (nSPS) is 15.7. The van der Waals surface area contributed by atoms with Gasteiger partial charge < -0.3 is 14.4 Å². The van der Waals surface area contributed by atoms with Crippen LogP contribution in [-0.4, -0.2) is 0 Å². The Morgan fingerprint density at radius 2 is 0.589 bits per heavy atom. The van der Waals surface area contributed by atoms with Gasteiger partial charge in [-0.05, 0) is 127 Å². The van der Waals surface area contributed by atoms with E-state index in [1.54, 1.807) is 11.8 Å². The minimum atomic E-state index is -3.38. The minimum absolute atomic E-state index is 0.506. The molecule has 0 saturated heterocycles. The van der Waals surface area contributed by atoms with Crippen molar-refractivity contribution in [1.82, 2.24) is 0 Å². The highest BCUT2D eigenvalue weighted by Gasteiger charge is 2.53. The lowest BCUT2D eigenvalue weighted by atomic mass is 9.64. The molecule has 0 saturated carbocycles. The number of para-hydroxylation sites is 4. The van der Waals surface area contributed by atoms with Gasteiger partial charge in [0.15, 0.2) is 7.14 Å².